The molecular formula is C14H29NO4S2. The van der Waals surface area contributed by atoms with Crippen molar-refractivity contribution < 1.29 is 16.8 Å². The van der Waals surface area contributed by atoms with Gasteiger partial charge in [-0.2, -0.15) is 0 Å². The molecule has 0 saturated heterocycles. The maximum atomic E-state index is 12.5. The summed E-state index contributed by atoms with van der Waals surface area (Å²) in [6.07, 6.45) is 4.24. The Bertz CT molecular complexity index is 552. The first-order valence-corrected chi connectivity index (χ1v) is 11.3. The van der Waals surface area contributed by atoms with Gasteiger partial charge in [-0.05, 0) is 30.6 Å². The van der Waals surface area contributed by atoms with Gasteiger partial charge in [-0.3, -0.25) is 0 Å². The summed E-state index contributed by atoms with van der Waals surface area (Å²) >= 11 is 0. The molecular weight excluding hydrogens is 310 g/mol. The van der Waals surface area contributed by atoms with Gasteiger partial charge in [0.15, 0.2) is 9.84 Å². The molecule has 5 nitrogen and oxygen atoms in total. The van der Waals surface area contributed by atoms with E-state index in [1.54, 1.807) is 0 Å². The second-order valence-electron chi connectivity index (χ2n) is 7.05. The standard InChI is InChI=1S/C14H29NO4S2/c1-5-14(2,3)11-6-7-12(15)13(10-11)21(18,19)9-8-20(4,16)17/h11-13H,5-10,15H2,1-4H3. The van der Waals surface area contributed by atoms with Gasteiger partial charge in [-0.25, -0.2) is 16.8 Å². The summed E-state index contributed by atoms with van der Waals surface area (Å²) in [5.74, 6) is -0.315. The van der Waals surface area contributed by atoms with Gasteiger partial charge < -0.3 is 5.73 Å². The molecule has 0 aromatic carbocycles. The molecule has 0 aliphatic heterocycles. The highest BCUT2D eigenvalue weighted by atomic mass is 32.2. The third kappa shape index (κ3) is 5.21. The van der Waals surface area contributed by atoms with Gasteiger partial charge in [0.2, 0.25) is 0 Å². The minimum atomic E-state index is -3.47. The van der Waals surface area contributed by atoms with Crippen LogP contribution >= 0.6 is 0 Å². The second-order valence-corrected chi connectivity index (χ2v) is 11.7. The van der Waals surface area contributed by atoms with Crippen LogP contribution in [0.1, 0.15) is 46.5 Å². The predicted octanol–water partition coefficient (Wildman–Crippen LogP) is 1.38. The van der Waals surface area contributed by atoms with E-state index >= 15 is 0 Å². The van der Waals surface area contributed by atoms with Crippen molar-refractivity contribution in [3.05, 3.63) is 0 Å². The minimum Gasteiger partial charge on any atom is -0.327 e. The largest absolute Gasteiger partial charge is 0.327 e. The maximum Gasteiger partial charge on any atom is 0.155 e. The van der Waals surface area contributed by atoms with E-state index in [9.17, 15) is 16.8 Å². The lowest BCUT2D eigenvalue weighted by Gasteiger charge is -2.41. The molecule has 21 heavy (non-hydrogen) atoms. The van der Waals surface area contributed by atoms with Crippen LogP contribution in [-0.2, 0) is 19.7 Å². The van der Waals surface area contributed by atoms with Gasteiger partial charge in [-0.1, -0.05) is 27.2 Å². The first-order valence-electron chi connectivity index (χ1n) is 7.54. The van der Waals surface area contributed by atoms with E-state index < -0.39 is 24.9 Å². The molecule has 0 aromatic heterocycles. The molecule has 0 heterocycles. The fourth-order valence-electron chi connectivity index (χ4n) is 2.98. The maximum absolute atomic E-state index is 12.5. The quantitative estimate of drug-likeness (QED) is 0.789. The molecule has 1 rings (SSSR count). The Morgan fingerprint density at radius 1 is 1.10 bits per heavy atom. The van der Waals surface area contributed by atoms with Crippen LogP contribution in [0.4, 0.5) is 0 Å². The van der Waals surface area contributed by atoms with Crippen LogP contribution in [0.25, 0.3) is 0 Å². The molecule has 0 aromatic rings. The third-order valence-electron chi connectivity index (χ3n) is 5.06. The van der Waals surface area contributed by atoms with E-state index in [1.807, 2.05) is 0 Å². The summed E-state index contributed by atoms with van der Waals surface area (Å²) in [4.78, 5) is 0. The van der Waals surface area contributed by atoms with Crippen LogP contribution in [0.2, 0.25) is 0 Å². The van der Waals surface area contributed by atoms with Gasteiger partial charge in [0.05, 0.1) is 16.8 Å². The number of rotatable bonds is 6. The predicted molar refractivity (Wildman–Crippen MR) is 86.7 cm³/mol. The number of nitrogens with two attached hydrogens (primary N) is 1. The number of hydrogen-bond acceptors (Lipinski definition) is 5. The molecule has 126 valence electrons. The molecule has 1 aliphatic carbocycles. The molecule has 1 fully saturated rings. The van der Waals surface area contributed by atoms with Crippen LogP contribution in [-0.4, -0.2) is 45.9 Å². The van der Waals surface area contributed by atoms with E-state index in [0.717, 1.165) is 19.1 Å². The summed E-state index contributed by atoms with van der Waals surface area (Å²) in [6, 6.07) is -0.376. The van der Waals surface area contributed by atoms with E-state index in [1.165, 1.54) is 0 Å². The Hall–Kier alpha value is -0.140. The summed E-state index contributed by atoms with van der Waals surface area (Å²) < 4.78 is 47.4. The SMILES string of the molecule is CCC(C)(C)C1CCC(N)C(S(=O)(=O)CCS(C)(=O)=O)C1. The summed E-state index contributed by atoms with van der Waals surface area (Å²) in [6.45, 7) is 6.44. The lowest BCUT2D eigenvalue weighted by Crippen LogP contribution is -2.48. The Balaban J connectivity index is 2.88. The molecule has 0 bridgehead atoms. The number of hydrogen-bond donors (Lipinski definition) is 1. The monoisotopic (exact) mass is 339 g/mol. The van der Waals surface area contributed by atoms with E-state index in [0.29, 0.717) is 18.8 Å². The van der Waals surface area contributed by atoms with Crippen molar-refractivity contribution in [1.82, 2.24) is 0 Å². The zero-order valence-electron chi connectivity index (χ0n) is 13.5. The Kier molecular flexibility index (Phi) is 5.89. The summed E-state index contributed by atoms with van der Waals surface area (Å²) in [5.41, 5.74) is 6.11. The molecule has 1 saturated carbocycles. The van der Waals surface area contributed by atoms with E-state index in [2.05, 4.69) is 20.8 Å². The molecule has 1 aliphatic rings. The normalized spacial score (nSPS) is 28.5. The van der Waals surface area contributed by atoms with Gasteiger partial charge in [-0.15, -0.1) is 0 Å². The summed E-state index contributed by atoms with van der Waals surface area (Å²) in [7, 11) is -6.75. The van der Waals surface area contributed by atoms with Gasteiger partial charge in [0.25, 0.3) is 0 Å². The smallest absolute Gasteiger partial charge is 0.155 e. The lowest BCUT2D eigenvalue weighted by molar-refractivity contribution is 0.146. The third-order valence-corrected chi connectivity index (χ3v) is 8.50. The van der Waals surface area contributed by atoms with Gasteiger partial charge >= 0.3 is 0 Å². The molecule has 0 radical (unpaired) electrons. The topological polar surface area (TPSA) is 94.3 Å². The lowest BCUT2D eigenvalue weighted by atomic mass is 9.69. The van der Waals surface area contributed by atoms with E-state index in [4.69, 9.17) is 5.73 Å². The van der Waals surface area contributed by atoms with Crippen LogP contribution in [0.5, 0.6) is 0 Å². The fourth-order valence-corrected chi connectivity index (χ4v) is 6.62. The van der Waals surface area contributed by atoms with Crippen molar-refractivity contribution in [1.29, 1.82) is 0 Å². The van der Waals surface area contributed by atoms with Crippen molar-refractivity contribution in [2.45, 2.75) is 57.7 Å². The zero-order chi connectivity index (χ0) is 16.5. The first kappa shape index (κ1) is 18.9. The van der Waals surface area contributed by atoms with Crippen molar-refractivity contribution >= 4 is 19.7 Å². The fraction of sp³-hybridized carbons (Fsp3) is 1.00. The Morgan fingerprint density at radius 3 is 2.14 bits per heavy atom. The number of sulfone groups is 2. The molecule has 0 spiro atoms. The van der Waals surface area contributed by atoms with Crippen molar-refractivity contribution in [2.24, 2.45) is 17.1 Å². The van der Waals surface area contributed by atoms with Crippen LogP contribution < -0.4 is 5.73 Å². The highest BCUT2D eigenvalue weighted by molar-refractivity contribution is 7.95. The van der Waals surface area contributed by atoms with E-state index in [-0.39, 0.29) is 23.0 Å². The van der Waals surface area contributed by atoms with Gasteiger partial charge in [0, 0.05) is 12.3 Å². The highest BCUT2D eigenvalue weighted by Crippen LogP contribution is 2.41. The minimum absolute atomic E-state index is 0.0880. The molecule has 0 amide bonds. The van der Waals surface area contributed by atoms with Crippen molar-refractivity contribution in [3.63, 3.8) is 0 Å². The Morgan fingerprint density at radius 2 is 1.67 bits per heavy atom. The Labute approximate surface area is 129 Å². The zero-order valence-corrected chi connectivity index (χ0v) is 15.1. The first-order chi connectivity index (χ1) is 9.39. The highest BCUT2D eigenvalue weighted by Gasteiger charge is 2.41. The molecule has 3 unspecified atom stereocenters. The second kappa shape index (κ2) is 6.54. The molecule has 7 heteroatoms. The van der Waals surface area contributed by atoms with Crippen LogP contribution in [0, 0.1) is 11.3 Å². The van der Waals surface area contributed by atoms with Crippen molar-refractivity contribution in [2.75, 3.05) is 17.8 Å². The van der Waals surface area contributed by atoms with Crippen LogP contribution in [0.15, 0.2) is 0 Å². The molecule has 2 N–H and O–H groups in total. The van der Waals surface area contributed by atoms with Crippen LogP contribution in [0.3, 0.4) is 0 Å². The molecule has 3 atom stereocenters. The summed E-state index contributed by atoms with van der Waals surface area (Å²) in [5, 5.41) is -0.608. The van der Waals surface area contributed by atoms with Gasteiger partial charge in [0.1, 0.15) is 9.84 Å². The average molecular weight is 340 g/mol. The average Bonchev–Trinajstić information content (AvgIpc) is 2.36. The van der Waals surface area contributed by atoms with Crippen molar-refractivity contribution in [3.8, 4) is 0 Å².